The lowest BCUT2D eigenvalue weighted by molar-refractivity contribution is 0.640. The van der Waals surface area contributed by atoms with Gasteiger partial charge in [-0.2, -0.15) is 0 Å². The first-order chi connectivity index (χ1) is 14.6. The van der Waals surface area contributed by atoms with E-state index >= 15 is 0 Å². The van der Waals surface area contributed by atoms with Crippen molar-refractivity contribution in [1.82, 2.24) is 24.9 Å². The minimum atomic E-state index is 0.754. The van der Waals surface area contributed by atoms with E-state index in [4.69, 9.17) is 9.97 Å². The van der Waals surface area contributed by atoms with Gasteiger partial charge in [0.2, 0.25) is 0 Å². The van der Waals surface area contributed by atoms with E-state index in [2.05, 4.69) is 51.6 Å². The van der Waals surface area contributed by atoms with Gasteiger partial charge in [0.25, 0.3) is 0 Å². The van der Waals surface area contributed by atoms with Crippen molar-refractivity contribution in [3.05, 3.63) is 53.1 Å². The molecule has 7 nitrogen and oxygen atoms in total. The Morgan fingerprint density at radius 3 is 2.30 bits per heavy atom. The molecule has 8 heteroatoms. The summed E-state index contributed by atoms with van der Waals surface area (Å²) in [6.07, 6.45) is 5.24. The summed E-state index contributed by atoms with van der Waals surface area (Å²) in [5.74, 6) is 2.81. The van der Waals surface area contributed by atoms with Crippen LogP contribution in [0.4, 0.5) is 11.6 Å². The van der Waals surface area contributed by atoms with E-state index in [0.29, 0.717) is 0 Å². The van der Waals surface area contributed by atoms with Crippen molar-refractivity contribution in [3.8, 4) is 11.4 Å². The number of hydrogen-bond donors (Lipinski definition) is 0. The van der Waals surface area contributed by atoms with Crippen LogP contribution in [0, 0.1) is 20.8 Å². The fraction of sp³-hybridized carbons (Fsp3) is 0.318. The average Bonchev–Trinajstić information content (AvgIpc) is 3.16. The highest BCUT2D eigenvalue weighted by Crippen LogP contribution is 2.31. The summed E-state index contributed by atoms with van der Waals surface area (Å²) in [7, 11) is 0. The van der Waals surface area contributed by atoms with Crippen LogP contribution in [-0.4, -0.2) is 51.1 Å². The minimum Gasteiger partial charge on any atom is -0.353 e. The Bertz CT molecular complexity index is 1200. The Labute approximate surface area is 179 Å². The predicted octanol–water partition coefficient (Wildman–Crippen LogP) is 3.80. The molecule has 1 fully saturated rings. The van der Waals surface area contributed by atoms with E-state index in [1.165, 1.54) is 4.88 Å². The molecule has 30 heavy (non-hydrogen) atoms. The molecule has 0 aromatic carbocycles. The molecule has 0 atom stereocenters. The lowest BCUT2D eigenvalue weighted by Crippen LogP contribution is -2.47. The lowest BCUT2D eigenvalue weighted by atomic mass is 10.2. The molecule has 5 heterocycles. The van der Waals surface area contributed by atoms with Crippen molar-refractivity contribution in [2.75, 3.05) is 36.0 Å². The zero-order valence-corrected chi connectivity index (χ0v) is 18.1. The van der Waals surface area contributed by atoms with E-state index in [0.717, 1.165) is 70.7 Å². The van der Waals surface area contributed by atoms with Crippen LogP contribution in [0.1, 0.15) is 16.1 Å². The normalized spacial score (nSPS) is 14.5. The van der Waals surface area contributed by atoms with Gasteiger partial charge in [-0.05, 0) is 39.0 Å². The van der Waals surface area contributed by atoms with Crippen LogP contribution >= 0.6 is 11.3 Å². The molecule has 152 valence electrons. The van der Waals surface area contributed by atoms with Gasteiger partial charge < -0.3 is 9.80 Å². The van der Waals surface area contributed by atoms with Crippen molar-refractivity contribution >= 4 is 33.2 Å². The third-order valence-corrected chi connectivity index (χ3v) is 6.57. The molecule has 0 unspecified atom stereocenters. The summed E-state index contributed by atoms with van der Waals surface area (Å²) < 4.78 is 0. The standard InChI is InChI=1S/C22H23N7S/c1-14-12-18-21(24-13-25-22(18)30-14)29-10-8-28(9-11-29)20-15(2)16(3)26-19(27-20)17-4-6-23-7-5-17/h4-7,12-13H,8-11H2,1-3H3. The maximum absolute atomic E-state index is 4.92. The van der Waals surface area contributed by atoms with Crippen LogP contribution in [0.25, 0.3) is 21.6 Å². The summed E-state index contributed by atoms with van der Waals surface area (Å²) in [6, 6.07) is 6.10. The quantitative estimate of drug-likeness (QED) is 0.502. The number of anilines is 2. The van der Waals surface area contributed by atoms with Crippen molar-refractivity contribution in [3.63, 3.8) is 0 Å². The second-order valence-electron chi connectivity index (χ2n) is 7.56. The molecule has 1 aliphatic heterocycles. The number of fused-ring (bicyclic) bond motifs is 1. The monoisotopic (exact) mass is 417 g/mol. The highest BCUT2D eigenvalue weighted by atomic mass is 32.1. The van der Waals surface area contributed by atoms with E-state index in [1.54, 1.807) is 30.1 Å². The van der Waals surface area contributed by atoms with E-state index in [-0.39, 0.29) is 0 Å². The number of piperazine rings is 1. The van der Waals surface area contributed by atoms with Crippen LogP contribution in [-0.2, 0) is 0 Å². The molecule has 4 aromatic heterocycles. The Balaban J connectivity index is 1.41. The number of nitrogens with zero attached hydrogens (tertiary/aromatic N) is 7. The first-order valence-corrected chi connectivity index (χ1v) is 10.9. The molecule has 0 bridgehead atoms. The second kappa shape index (κ2) is 7.60. The van der Waals surface area contributed by atoms with Gasteiger partial charge in [-0.3, -0.25) is 4.98 Å². The summed E-state index contributed by atoms with van der Waals surface area (Å²) >= 11 is 1.72. The molecule has 0 N–H and O–H groups in total. The van der Waals surface area contributed by atoms with Crippen molar-refractivity contribution in [1.29, 1.82) is 0 Å². The zero-order chi connectivity index (χ0) is 20.7. The molecular formula is C22H23N7S. The van der Waals surface area contributed by atoms with Gasteiger partial charge in [0.05, 0.1) is 5.39 Å². The number of aryl methyl sites for hydroxylation is 2. The highest BCUT2D eigenvalue weighted by Gasteiger charge is 2.23. The minimum absolute atomic E-state index is 0.754. The maximum Gasteiger partial charge on any atom is 0.161 e. The molecule has 0 aliphatic carbocycles. The van der Waals surface area contributed by atoms with Crippen molar-refractivity contribution in [2.45, 2.75) is 20.8 Å². The van der Waals surface area contributed by atoms with Crippen LogP contribution in [0.3, 0.4) is 0 Å². The molecule has 0 spiro atoms. The molecule has 0 amide bonds. The molecule has 5 rings (SSSR count). The summed E-state index contributed by atoms with van der Waals surface area (Å²) in [5, 5.41) is 1.16. The van der Waals surface area contributed by atoms with Crippen LogP contribution in [0.2, 0.25) is 0 Å². The average molecular weight is 418 g/mol. The second-order valence-corrected chi connectivity index (χ2v) is 8.80. The Hall–Kier alpha value is -3.13. The molecular weight excluding hydrogens is 394 g/mol. The van der Waals surface area contributed by atoms with E-state index in [1.807, 2.05) is 12.1 Å². The van der Waals surface area contributed by atoms with Crippen molar-refractivity contribution in [2.24, 2.45) is 0 Å². The van der Waals surface area contributed by atoms with Gasteiger partial charge in [0.1, 0.15) is 22.8 Å². The molecule has 0 radical (unpaired) electrons. The highest BCUT2D eigenvalue weighted by molar-refractivity contribution is 7.18. The molecule has 0 saturated carbocycles. The Kier molecular flexibility index (Phi) is 4.78. The number of aromatic nitrogens is 5. The number of hydrogen-bond acceptors (Lipinski definition) is 8. The van der Waals surface area contributed by atoms with Gasteiger partial charge in [-0.15, -0.1) is 11.3 Å². The summed E-state index contributed by atoms with van der Waals surface area (Å²) in [5.41, 5.74) is 3.14. The van der Waals surface area contributed by atoms with Gasteiger partial charge in [0, 0.05) is 60.3 Å². The van der Waals surface area contributed by atoms with Crippen molar-refractivity contribution < 1.29 is 0 Å². The fourth-order valence-corrected chi connectivity index (χ4v) is 4.74. The molecule has 4 aromatic rings. The smallest absolute Gasteiger partial charge is 0.161 e. The molecule has 1 saturated heterocycles. The summed E-state index contributed by atoms with van der Waals surface area (Å²) in [4.78, 5) is 29.8. The van der Waals surface area contributed by atoms with Gasteiger partial charge >= 0.3 is 0 Å². The largest absolute Gasteiger partial charge is 0.353 e. The van der Waals surface area contributed by atoms with E-state index < -0.39 is 0 Å². The van der Waals surface area contributed by atoms with Crippen LogP contribution in [0.15, 0.2) is 36.9 Å². The predicted molar refractivity (Wildman–Crippen MR) is 121 cm³/mol. The van der Waals surface area contributed by atoms with Gasteiger partial charge in [-0.1, -0.05) is 0 Å². The third kappa shape index (κ3) is 3.37. The lowest BCUT2D eigenvalue weighted by Gasteiger charge is -2.37. The van der Waals surface area contributed by atoms with Crippen LogP contribution < -0.4 is 9.80 Å². The van der Waals surface area contributed by atoms with E-state index in [9.17, 15) is 0 Å². The first kappa shape index (κ1) is 18.9. The Morgan fingerprint density at radius 1 is 0.867 bits per heavy atom. The Morgan fingerprint density at radius 2 is 1.57 bits per heavy atom. The topological polar surface area (TPSA) is 70.9 Å². The summed E-state index contributed by atoms with van der Waals surface area (Å²) in [6.45, 7) is 9.85. The van der Waals surface area contributed by atoms with Gasteiger partial charge in [-0.25, -0.2) is 19.9 Å². The maximum atomic E-state index is 4.92. The SMILES string of the molecule is Cc1cc2c(N3CCN(c4nc(-c5ccncc5)nc(C)c4C)CC3)ncnc2s1. The first-order valence-electron chi connectivity index (χ1n) is 10.1. The van der Waals surface area contributed by atoms with Gasteiger partial charge in [0.15, 0.2) is 5.82 Å². The third-order valence-electron chi connectivity index (χ3n) is 5.61. The fourth-order valence-electron chi connectivity index (χ4n) is 3.90. The molecule has 1 aliphatic rings. The zero-order valence-electron chi connectivity index (χ0n) is 17.3. The number of thiophene rings is 1. The number of pyridine rings is 1. The van der Waals surface area contributed by atoms with Crippen LogP contribution in [0.5, 0.6) is 0 Å². The number of rotatable bonds is 3.